The monoisotopic (exact) mass is 400 g/mol. The van der Waals surface area contributed by atoms with Crippen molar-refractivity contribution >= 4 is 29.2 Å². The molecule has 26 heavy (non-hydrogen) atoms. The summed E-state index contributed by atoms with van der Waals surface area (Å²) >= 11 is 12.3. The van der Waals surface area contributed by atoms with E-state index in [1.54, 1.807) is 20.2 Å². The van der Waals surface area contributed by atoms with Crippen LogP contribution in [-0.2, 0) is 4.74 Å². The van der Waals surface area contributed by atoms with Crippen LogP contribution in [0.25, 0.3) is 0 Å². The zero-order valence-electron chi connectivity index (χ0n) is 15.9. The number of aliphatic imine (C=N–C) groups is 1. The zero-order valence-corrected chi connectivity index (χ0v) is 17.4. The zero-order chi connectivity index (χ0) is 18.9. The van der Waals surface area contributed by atoms with Crippen molar-refractivity contribution in [3.8, 4) is 0 Å². The fourth-order valence-corrected chi connectivity index (χ4v) is 3.78. The van der Waals surface area contributed by atoms with Gasteiger partial charge in [-0.3, -0.25) is 4.99 Å². The number of guanidine groups is 1. The highest BCUT2D eigenvalue weighted by atomic mass is 35.5. The second-order valence-electron chi connectivity index (χ2n) is 6.76. The Labute approximate surface area is 167 Å². The highest BCUT2D eigenvalue weighted by molar-refractivity contribution is 6.35. The Hall–Kier alpha value is -1.01. The van der Waals surface area contributed by atoms with Gasteiger partial charge in [0.1, 0.15) is 0 Å². The number of likely N-dealkylation sites (tertiary alicyclic amines) is 1. The van der Waals surface area contributed by atoms with Gasteiger partial charge in [-0.15, -0.1) is 0 Å². The summed E-state index contributed by atoms with van der Waals surface area (Å²) in [7, 11) is 3.55. The molecular formula is C19H30Cl2N4O. The number of methoxy groups -OCH3 is 1. The summed E-state index contributed by atoms with van der Waals surface area (Å²) in [5, 5.41) is 8.17. The van der Waals surface area contributed by atoms with Crippen LogP contribution in [0.4, 0.5) is 0 Å². The number of hydrogen-bond donors (Lipinski definition) is 2. The lowest BCUT2D eigenvalue weighted by Crippen LogP contribution is -2.44. The minimum absolute atomic E-state index is 0.0434. The summed E-state index contributed by atoms with van der Waals surface area (Å²) in [5.41, 5.74) is 1.01. The molecule has 1 aromatic carbocycles. The number of rotatable bonds is 7. The number of ether oxygens (including phenoxy) is 1. The average molecular weight is 401 g/mol. The Morgan fingerprint density at radius 2 is 2.08 bits per heavy atom. The molecule has 5 nitrogen and oxygen atoms in total. The van der Waals surface area contributed by atoms with Crippen LogP contribution < -0.4 is 10.6 Å². The number of halogens is 2. The van der Waals surface area contributed by atoms with Gasteiger partial charge in [-0.25, -0.2) is 0 Å². The first-order valence-electron chi connectivity index (χ1n) is 9.17. The van der Waals surface area contributed by atoms with E-state index in [-0.39, 0.29) is 6.04 Å². The topological polar surface area (TPSA) is 48.9 Å². The third-order valence-corrected chi connectivity index (χ3v) is 5.45. The molecular weight excluding hydrogens is 371 g/mol. The predicted molar refractivity (Wildman–Crippen MR) is 110 cm³/mol. The molecule has 7 heteroatoms. The second kappa shape index (κ2) is 11.0. The van der Waals surface area contributed by atoms with Gasteiger partial charge in [-0.2, -0.15) is 0 Å². The van der Waals surface area contributed by atoms with Crippen LogP contribution in [0.2, 0.25) is 10.0 Å². The molecule has 1 aliphatic heterocycles. The van der Waals surface area contributed by atoms with E-state index in [0.29, 0.717) is 16.0 Å². The molecule has 1 aromatic rings. The van der Waals surface area contributed by atoms with E-state index >= 15 is 0 Å². The molecule has 0 amide bonds. The van der Waals surface area contributed by atoms with Crippen LogP contribution >= 0.6 is 23.2 Å². The largest absolute Gasteiger partial charge is 0.383 e. The average Bonchev–Trinajstić information content (AvgIpc) is 2.64. The third kappa shape index (κ3) is 6.62. The molecule has 1 aliphatic rings. The van der Waals surface area contributed by atoms with Crippen LogP contribution in [0.5, 0.6) is 0 Å². The van der Waals surface area contributed by atoms with Gasteiger partial charge in [0.05, 0.1) is 12.6 Å². The molecule has 0 aromatic heterocycles. The molecule has 1 saturated heterocycles. The molecule has 0 saturated carbocycles. The van der Waals surface area contributed by atoms with Gasteiger partial charge in [0, 0.05) is 37.3 Å². The fourth-order valence-electron chi connectivity index (χ4n) is 3.21. The summed E-state index contributed by atoms with van der Waals surface area (Å²) in [6.45, 7) is 7.11. The van der Waals surface area contributed by atoms with Gasteiger partial charge in [-0.05, 0) is 56.5 Å². The van der Waals surface area contributed by atoms with Crippen LogP contribution in [0.15, 0.2) is 23.2 Å². The number of nitrogens with zero attached hydrogens (tertiary/aromatic N) is 2. The molecule has 146 valence electrons. The van der Waals surface area contributed by atoms with Gasteiger partial charge >= 0.3 is 0 Å². The smallest absolute Gasteiger partial charge is 0.191 e. The summed E-state index contributed by atoms with van der Waals surface area (Å²) < 4.78 is 5.16. The van der Waals surface area contributed by atoms with Crippen LogP contribution in [0, 0.1) is 5.92 Å². The van der Waals surface area contributed by atoms with Crippen molar-refractivity contribution in [1.29, 1.82) is 0 Å². The third-order valence-electron chi connectivity index (χ3n) is 4.88. The van der Waals surface area contributed by atoms with E-state index < -0.39 is 0 Å². The maximum Gasteiger partial charge on any atom is 0.191 e. The van der Waals surface area contributed by atoms with Crippen LogP contribution in [-0.4, -0.2) is 57.8 Å². The van der Waals surface area contributed by atoms with Crippen molar-refractivity contribution in [1.82, 2.24) is 15.5 Å². The quantitative estimate of drug-likeness (QED) is 0.542. The van der Waals surface area contributed by atoms with Gasteiger partial charge in [0.2, 0.25) is 0 Å². The Bertz CT molecular complexity index is 589. The molecule has 1 atom stereocenters. The normalized spacial score (nSPS) is 18.0. The number of benzene rings is 1. The van der Waals surface area contributed by atoms with Crippen molar-refractivity contribution in [2.45, 2.75) is 25.8 Å². The highest BCUT2D eigenvalue weighted by Crippen LogP contribution is 2.26. The minimum atomic E-state index is 0.0434. The van der Waals surface area contributed by atoms with E-state index in [1.807, 2.05) is 12.1 Å². The second-order valence-corrected chi connectivity index (χ2v) is 7.61. The molecule has 0 radical (unpaired) electrons. The number of hydrogen-bond acceptors (Lipinski definition) is 3. The first kappa shape index (κ1) is 21.3. The van der Waals surface area contributed by atoms with E-state index in [4.69, 9.17) is 27.9 Å². The molecule has 1 fully saturated rings. The van der Waals surface area contributed by atoms with Crippen LogP contribution in [0.3, 0.4) is 0 Å². The van der Waals surface area contributed by atoms with Crippen molar-refractivity contribution in [2.24, 2.45) is 10.9 Å². The Morgan fingerprint density at radius 1 is 1.35 bits per heavy atom. The Kier molecular flexibility index (Phi) is 8.99. The van der Waals surface area contributed by atoms with E-state index in [0.717, 1.165) is 44.3 Å². The van der Waals surface area contributed by atoms with E-state index in [9.17, 15) is 0 Å². The highest BCUT2D eigenvalue weighted by Gasteiger charge is 2.19. The van der Waals surface area contributed by atoms with Crippen molar-refractivity contribution in [3.05, 3.63) is 33.8 Å². The maximum atomic E-state index is 6.30. The maximum absolute atomic E-state index is 6.30. The van der Waals surface area contributed by atoms with Gasteiger partial charge < -0.3 is 20.3 Å². The van der Waals surface area contributed by atoms with Gasteiger partial charge in [0.25, 0.3) is 0 Å². The summed E-state index contributed by atoms with van der Waals surface area (Å²) in [6.07, 6.45) is 2.40. The first-order valence-corrected chi connectivity index (χ1v) is 9.92. The summed E-state index contributed by atoms with van der Waals surface area (Å²) in [4.78, 5) is 6.81. The van der Waals surface area contributed by atoms with Crippen molar-refractivity contribution in [2.75, 3.05) is 46.9 Å². The minimum Gasteiger partial charge on any atom is -0.383 e. The van der Waals surface area contributed by atoms with Gasteiger partial charge in [0.15, 0.2) is 5.96 Å². The first-order chi connectivity index (χ1) is 12.5. The van der Waals surface area contributed by atoms with Crippen LogP contribution in [0.1, 0.15) is 31.4 Å². The lowest BCUT2D eigenvalue weighted by Gasteiger charge is -2.32. The standard InChI is InChI=1S/C19H30Cl2N4O/c1-14(17-5-4-16(20)12-18(17)21)24-19(22-2)23-13-15-6-8-25(9-7-15)10-11-26-3/h4-5,12,14-15H,6-11,13H2,1-3H3,(H2,22,23,24). The molecule has 2 rings (SSSR count). The lowest BCUT2D eigenvalue weighted by atomic mass is 9.97. The number of nitrogens with one attached hydrogen (secondary N) is 2. The van der Waals surface area contributed by atoms with Crippen molar-refractivity contribution < 1.29 is 4.74 Å². The molecule has 1 unspecified atom stereocenters. The van der Waals surface area contributed by atoms with Gasteiger partial charge in [-0.1, -0.05) is 29.3 Å². The van der Waals surface area contributed by atoms with Crippen molar-refractivity contribution in [3.63, 3.8) is 0 Å². The van der Waals surface area contributed by atoms with E-state index in [1.165, 1.54) is 12.8 Å². The Morgan fingerprint density at radius 3 is 2.69 bits per heavy atom. The molecule has 1 heterocycles. The molecule has 0 spiro atoms. The molecule has 2 N–H and O–H groups in total. The Balaban J connectivity index is 1.77. The number of piperidine rings is 1. The molecule has 0 aliphatic carbocycles. The lowest BCUT2D eigenvalue weighted by molar-refractivity contribution is 0.121. The molecule has 0 bridgehead atoms. The van der Waals surface area contributed by atoms with E-state index in [2.05, 4.69) is 27.4 Å². The summed E-state index contributed by atoms with van der Waals surface area (Å²) in [5.74, 6) is 1.46. The fraction of sp³-hybridized carbons (Fsp3) is 0.632. The SMILES string of the molecule is CN=C(NCC1CCN(CCOC)CC1)NC(C)c1ccc(Cl)cc1Cl. The predicted octanol–water partition coefficient (Wildman–Crippen LogP) is 3.58. The summed E-state index contributed by atoms with van der Waals surface area (Å²) in [6, 6.07) is 5.62.